The Balaban J connectivity index is 1.11. The topological polar surface area (TPSA) is 84.7 Å². The number of carbonyl (C=O) groups excluding carboxylic acids is 1. The third-order valence-electron chi connectivity index (χ3n) is 5.92. The van der Waals surface area contributed by atoms with Crippen LogP contribution in [0.5, 0.6) is 0 Å². The summed E-state index contributed by atoms with van der Waals surface area (Å²) in [6.07, 6.45) is 6.49. The highest BCUT2D eigenvalue weighted by Crippen LogP contribution is 2.41. The molecular weight excluding hydrogens is 444 g/mol. The molecule has 32 heavy (non-hydrogen) atoms. The van der Waals surface area contributed by atoms with Crippen LogP contribution in [0, 0.1) is 11.8 Å². The van der Waals surface area contributed by atoms with Gasteiger partial charge in [-0.25, -0.2) is 15.0 Å². The highest BCUT2D eigenvalue weighted by Gasteiger charge is 2.44. The lowest BCUT2D eigenvalue weighted by Gasteiger charge is -2.26. The number of anilines is 1. The molecule has 1 saturated heterocycles. The number of hydrogen-bond acceptors (Lipinski definition) is 8. The second kappa shape index (κ2) is 8.43. The molecule has 1 amide bonds. The van der Waals surface area contributed by atoms with E-state index in [2.05, 4.69) is 31.2 Å². The molecule has 0 bridgehead atoms. The Morgan fingerprint density at radius 3 is 3.09 bits per heavy atom. The summed E-state index contributed by atoms with van der Waals surface area (Å²) in [6, 6.07) is 8.06. The lowest BCUT2D eigenvalue weighted by molar-refractivity contribution is -0.117. The summed E-state index contributed by atoms with van der Waals surface area (Å²) >= 11 is 3.15. The van der Waals surface area contributed by atoms with Gasteiger partial charge in [0.25, 0.3) is 0 Å². The summed E-state index contributed by atoms with van der Waals surface area (Å²) < 4.78 is 8.43. The standard InChI is InChI=1S/C22H22N6O2S2/c29-20(16-10-14(16)13-27-6-8-30-9-7-27)26-22-25-17-3-2-15(11-18(17)32-22)31-19-12-24-21-23-4-1-5-28(19)21/h1-5,11-12,14,16H,6-10,13H2,(H,25,26,29). The molecule has 8 nitrogen and oxygen atoms in total. The Morgan fingerprint density at radius 2 is 2.19 bits per heavy atom. The van der Waals surface area contributed by atoms with Crippen LogP contribution in [0.25, 0.3) is 16.0 Å². The summed E-state index contributed by atoms with van der Waals surface area (Å²) in [4.78, 5) is 29.4. The molecule has 1 aliphatic heterocycles. The summed E-state index contributed by atoms with van der Waals surface area (Å²) in [5.74, 6) is 1.33. The Hall–Kier alpha value is -2.53. The van der Waals surface area contributed by atoms with E-state index in [4.69, 9.17) is 4.74 Å². The minimum absolute atomic E-state index is 0.0927. The van der Waals surface area contributed by atoms with Crippen LogP contribution < -0.4 is 5.32 Å². The molecule has 1 aromatic carbocycles. The number of aromatic nitrogens is 4. The number of amides is 1. The second-order valence-electron chi connectivity index (χ2n) is 8.14. The molecule has 4 heterocycles. The first-order valence-electron chi connectivity index (χ1n) is 10.7. The zero-order valence-electron chi connectivity index (χ0n) is 17.3. The van der Waals surface area contributed by atoms with Crippen molar-refractivity contribution in [3.8, 4) is 0 Å². The summed E-state index contributed by atoms with van der Waals surface area (Å²) in [5, 5.41) is 4.72. The van der Waals surface area contributed by atoms with Crippen molar-refractivity contribution in [2.45, 2.75) is 16.3 Å². The van der Waals surface area contributed by atoms with Crippen molar-refractivity contribution in [3.63, 3.8) is 0 Å². The molecular formula is C22H22N6O2S2. The highest BCUT2D eigenvalue weighted by molar-refractivity contribution is 7.99. The number of nitrogens with zero attached hydrogens (tertiary/aromatic N) is 5. The lowest BCUT2D eigenvalue weighted by Crippen LogP contribution is -2.38. The van der Waals surface area contributed by atoms with Gasteiger partial charge in [0.05, 0.1) is 29.6 Å². The van der Waals surface area contributed by atoms with Crippen molar-refractivity contribution in [2.75, 3.05) is 38.2 Å². The molecule has 2 aliphatic rings. The number of carbonyl (C=O) groups is 1. The normalized spacial score (nSPS) is 21.2. The van der Waals surface area contributed by atoms with E-state index < -0.39 is 0 Å². The quantitative estimate of drug-likeness (QED) is 0.466. The van der Waals surface area contributed by atoms with Crippen molar-refractivity contribution in [3.05, 3.63) is 42.9 Å². The zero-order chi connectivity index (χ0) is 21.5. The maximum Gasteiger partial charge on any atom is 0.234 e. The van der Waals surface area contributed by atoms with Gasteiger partial charge in [0.2, 0.25) is 11.7 Å². The van der Waals surface area contributed by atoms with Gasteiger partial charge in [-0.2, -0.15) is 0 Å². The predicted octanol–water partition coefficient (Wildman–Crippen LogP) is 3.40. The molecule has 3 aromatic heterocycles. The van der Waals surface area contributed by atoms with Crippen LogP contribution in [0.15, 0.2) is 52.8 Å². The third-order valence-corrected chi connectivity index (χ3v) is 7.86. The molecule has 164 valence electrons. The van der Waals surface area contributed by atoms with Gasteiger partial charge in [-0.3, -0.25) is 14.1 Å². The first-order valence-corrected chi connectivity index (χ1v) is 12.3. The van der Waals surface area contributed by atoms with E-state index in [0.717, 1.165) is 59.4 Å². The molecule has 1 N–H and O–H groups in total. The smallest absolute Gasteiger partial charge is 0.234 e. The van der Waals surface area contributed by atoms with E-state index in [1.165, 1.54) is 11.3 Å². The van der Waals surface area contributed by atoms with E-state index in [-0.39, 0.29) is 11.8 Å². The van der Waals surface area contributed by atoms with E-state index >= 15 is 0 Å². The van der Waals surface area contributed by atoms with E-state index in [0.29, 0.717) is 16.8 Å². The number of morpholine rings is 1. The Kier molecular flexibility index (Phi) is 5.30. The van der Waals surface area contributed by atoms with Crippen molar-refractivity contribution in [1.29, 1.82) is 0 Å². The second-order valence-corrected chi connectivity index (χ2v) is 10.3. The number of fused-ring (bicyclic) bond motifs is 2. The van der Waals surface area contributed by atoms with Crippen LogP contribution in [-0.4, -0.2) is 63.0 Å². The van der Waals surface area contributed by atoms with Crippen LogP contribution in [0.3, 0.4) is 0 Å². The lowest BCUT2D eigenvalue weighted by atomic mass is 10.2. The fourth-order valence-corrected chi connectivity index (χ4v) is 5.99. The molecule has 1 saturated carbocycles. The number of nitrogens with one attached hydrogen (secondary N) is 1. The van der Waals surface area contributed by atoms with Crippen LogP contribution >= 0.6 is 23.1 Å². The molecule has 0 spiro atoms. The van der Waals surface area contributed by atoms with E-state index in [1.807, 2.05) is 35.0 Å². The minimum atomic E-state index is 0.0927. The van der Waals surface area contributed by atoms with Gasteiger partial charge in [-0.1, -0.05) is 23.1 Å². The average molecular weight is 467 g/mol. The summed E-state index contributed by atoms with van der Waals surface area (Å²) in [6.45, 7) is 4.51. The van der Waals surface area contributed by atoms with Crippen LogP contribution in [0.1, 0.15) is 6.42 Å². The number of ether oxygens (including phenoxy) is 1. The van der Waals surface area contributed by atoms with Crippen molar-refractivity contribution in [1.82, 2.24) is 24.3 Å². The largest absolute Gasteiger partial charge is 0.379 e. The van der Waals surface area contributed by atoms with Crippen LogP contribution in [0.4, 0.5) is 5.13 Å². The summed E-state index contributed by atoms with van der Waals surface area (Å²) in [5.41, 5.74) is 0.898. The molecule has 6 rings (SSSR count). The molecule has 4 aromatic rings. The molecule has 10 heteroatoms. The summed E-state index contributed by atoms with van der Waals surface area (Å²) in [7, 11) is 0. The highest BCUT2D eigenvalue weighted by atomic mass is 32.2. The Morgan fingerprint density at radius 1 is 1.28 bits per heavy atom. The minimum Gasteiger partial charge on any atom is -0.379 e. The van der Waals surface area contributed by atoms with Gasteiger partial charge in [0.1, 0.15) is 5.03 Å². The van der Waals surface area contributed by atoms with Crippen molar-refractivity contribution in [2.24, 2.45) is 11.8 Å². The van der Waals surface area contributed by atoms with E-state index in [1.54, 1.807) is 18.0 Å². The maximum absolute atomic E-state index is 12.7. The first kappa shape index (κ1) is 20.1. The fourth-order valence-electron chi connectivity index (χ4n) is 4.11. The number of hydrogen-bond donors (Lipinski definition) is 1. The van der Waals surface area contributed by atoms with Gasteiger partial charge in [0, 0.05) is 42.8 Å². The zero-order valence-corrected chi connectivity index (χ0v) is 18.9. The number of rotatable bonds is 6. The Bertz CT molecular complexity index is 1280. The molecule has 0 radical (unpaired) electrons. The third kappa shape index (κ3) is 4.11. The fraction of sp³-hybridized carbons (Fsp3) is 0.364. The SMILES string of the molecule is O=C(Nc1nc2ccc(Sc3cnc4ncccn34)cc2s1)C1CC1CN1CCOCC1. The number of thiazole rings is 1. The predicted molar refractivity (Wildman–Crippen MR) is 124 cm³/mol. The first-order chi connectivity index (χ1) is 15.7. The Labute approximate surface area is 193 Å². The molecule has 2 atom stereocenters. The van der Waals surface area contributed by atoms with Gasteiger partial charge >= 0.3 is 0 Å². The van der Waals surface area contributed by atoms with Crippen LogP contribution in [0.2, 0.25) is 0 Å². The van der Waals surface area contributed by atoms with Crippen molar-refractivity contribution < 1.29 is 9.53 Å². The molecule has 2 unspecified atom stereocenters. The monoisotopic (exact) mass is 466 g/mol. The van der Waals surface area contributed by atoms with Gasteiger partial charge < -0.3 is 10.1 Å². The maximum atomic E-state index is 12.7. The van der Waals surface area contributed by atoms with Crippen molar-refractivity contribution >= 4 is 50.1 Å². The van der Waals surface area contributed by atoms with Gasteiger partial charge in [0.15, 0.2) is 5.13 Å². The average Bonchev–Trinajstić information content (AvgIpc) is 3.29. The van der Waals surface area contributed by atoms with Crippen LogP contribution in [-0.2, 0) is 9.53 Å². The number of imidazole rings is 1. The van der Waals surface area contributed by atoms with E-state index in [9.17, 15) is 4.79 Å². The molecule has 1 aliphatic carbocycles. The molecule has 2 fully saturated rings. The van der Waals surface area contributed by atoms with Gasteiger partial charge in [-0.05, 0) is 36.6 Å². The van der Waals surface area contributed by atoms with Gasteiger partial charge in [-0.15, -0.1) is 0 Å². The number of benzene rings is 1.